The summed E-state index contributed by atoms with van der Waals surface area (Å²) >= 11 is 0. The van der Waals surface area contributed by atoms with Crippen molar-refractivity contribution in [2.45, 2.75) is 26.0 Å². The third-order valence-corrected chi connectivity index (χ3v) is 3.76. The summed E-state index contributed by atoms with van der Waals surface area (Å²) in [5, 5.41) is 9.73. The molecule has 2 aromatic rings. The van der Waals surface area contributed by atoms with Crippen LogP contribution < -0.4 is 0 Å². The normalized spacial score (nSPS) is 25.7. The Kier molecular flexibility index (Phi) is 3.06. The average molecular weight is 245 g/mol. The fraction of sp³-hybridized carbons (Fsp3) is 0.500. The maximum absolute atomic E-state index is 9.73. The third-order valence-electron chi connectivity index (χ3n) is 3.76. The number of nitrogens with one attached hydrogen (secondary N) is 1. The summed E-state index contributed by atoms with van der Waals surface area (Å²) in [7, 11) is 0. The van der Waals surface area contributed by atoms with Crippen molar-refractivity contribution in [1.82, 2.24) is 14.9 Å². The van der Waals surface area contributed by atoms with E-state index < -0.39 is 0 Å². The molecule has 0 bridgehead atoms. The Morgan fingerprint density at radius 1 is 1.44 bits per heavy atom. The van der Waals surface area contributed by atoms with Gasteiger partial charge in [0.25, 0.3) is 0 Å². The zero-order valence-corrected chi connectivity index (χ0v) is 10.6. The van der Waals surface area contributed by atoms with E-state index >= 15 is 0 Å². The van der Waals surface area contributed by atoms with Crippen molar-refractivity contribution in [3.63, 3.8) is 0 Å². The van der Waals surface area contributed by atoms with Gasteiger partial charge in [0, 0.05) is 13.1 Å². The van der Waals surface area contributed by atoms with Crippen LogP contribution in [0.4, 0.5) is 0 Å². The van der Waals surface area contributed by atoms with Gasteiger partial charge in [-0.2, -0.15) is 0 Å². The summed E-state index contributed by atoms with van der Waals surface area (Å²) in [6.07, 6.45) is 0.721. The zero-order valence-electron chi connectivity index (χ0n) is 10.6. The summed E-state index contributed by atoms with van der Waals surface area (Å²) in [6, 6.07) is 8.10. The number of benzene rings is 1. The van der Waals surface area contributed by atoms with Gasteiger partial charge in [-0.25, -0.2) is 4.98 Å². The second-order valence-corrected chi connectivity index (χ2v) is 5.27. The lowest BCUT2D eigenvalue weighted by Crippen LogP contribution is -2.41. The lowest BCUT2D eigenvalue weighted by Gasteiger charge is -2.33. The van der Waals surface area contributed by atoms with Gasteiger partial charge in [0.15, 0.2) is 0 Å². The molecule has 0 amide bonds. The molecule has 3 rings (SSSR count). The molecule has 1 fully saturated rings. The van der Waals surface area contributed by atoms with Crippen LogP contribution in [-0.2, 0) is 6.54 Å². The molecule has 0 spiro atoms. The van der Waals surface area contributed by atoms with Crippen LogP contribution >= 0.6 is 0 Å². The van der Waals surface area contributed by atoms with Crippen molar-refractivity contribution in [1.29, 1.82) is 0 Å². The highest BCUT2D eigenvalue weighted by atomic mass is 16.3. The van der Waals surface area contributed by atoms with Crippen LogP contribution in [0.2, 0.25) is 0 Å². The predicted octanol–water partition coefficient (Wildman–Crippen LogP) is 1.77. The molecule has 1 saturated heterocycles. The molecule has 18 heavy (non-hydrogen) atoms. The van der Waals surface area contributed by atoms with Crippen LogP contribution in [0.1, 0.15) is 19.2 Å². The number of aliphatic hydroxyl groups is 1. The topological polar surface area (TPSA) is 52.2 Å². The molecule has 4 nitrogen and oxygen atoms in total. The number of aromatic nitrogens is 2. The summed E-state index contributed by atoms with van der Waals surface area (Å²) in [4.78, 5) is 10.3. The van der Waals surface area contributed by atoms with E-state index in [1.807, 2.05) is 18.2 Å². The lowest BCUT2D eigenvalue weighted by atomic mass is 9.97. The van der Waals surface area contributed by atoms with Gasteiger partial charge in [0.1, 0.15) is 5.82 Å². The lowest BCUT2D eigenvalue weighted by molar-refractivity contribution is 0.0312. The van der Waals surface area contributed by atoms with Gasteiger partial charge >= 0.3 is 0 Å². The van der Waals surface area contributed by atoms with Gasteiger partial charge in [0.2, 0.25) is 0 Å². The molecule has 1 aliphatic rings. The summed E-state index contributed by atoms with van der Waals surface area (Å²) in [6.45, 7) is 4.84. The van der Waals surface area contributed by atoms with Gasteiger partial charge < -0.3 is 10.1 Å². The molecule has 0 radical (unpaired) electrons. The van der Waals surface area contributed by atoms with Gasteiger partial charge in [0.05, 0.1) is 23.7 Å². The van der Waals surface area contributed by atoms with Crippen molar-refractivity contribution in [2.24, 2.45) is 5.92 Å². The van der Waals surface area contributed by atoms with E-state index in [0.717, 1.165) is 42.9 Å². The van der Waals surface area contributed by atoms with Crippen molar-refractivity contribution in [2.75, 3.05) is 13.1 Å². The molecule has 0 aliphatic carbocycles. The van der Waals surface area contributed by atoms with Crippen molar-refractivity contribution in [3.05, 3.63) is 30.1 Å². The monoisotopic (exact) mass is 245 g/mol. The summed E-state index contributed by atoms with van der Waals surface area (Å²) in [5.74, 6) is 1.36. The number of H-pyrrole nitrogens is 1. The standard InChI is InChI=1S/C14H19N3O/c1-10-8-17(7-6-13(10)18)9-14-15-11-4-2-3-5-12(11)16-14/h2-5,10,13,18H,6-9H2,1H3,(H,15,16). The SMILES string of the molecule is CC1CN(Cc2nc3ccccc3[nH]2)CCC1O. The molecule has 2 heterocycles. The quantitative estimate of drug-likeness (QED) is 0.847. The molecule has 1 aliphatic heterocycles. The number of para-hydroxylation sites is 2. The fourth-order valence-corrected chi connectivity index (χ4v) is 2.66. The number of imidazole rings is 1. The number of rotatable bonds is 2. The second-order valence-electron chi connectivity index (χ2n) is 5.27. The maximum Gasteiger partial charge on any atom is 0.121 e. The molecular weight excluding hydrogens is 226 g/mol. The minimum absolute atomic E-state index is 0.142. The molecule has 0 saturated carbocycles. The third kappa shape index (κ3) is 2.26. The number of hydrogen-bond donors (Lipinski definition) is 2. The maximum atomic E-state index is 9.73. The molecule has 4 heteroatoms. The first-order chi connectivity index (χ1) is 8.72. The van der Waals surface area contributed by atoms with E-state index in [4.69, 9.17) is 0 Å². The molecule has 1 aromatic heterocycles. The number of fused-ring (bicyclic) bond motifs is 1. The van der Waals surface area contributed by atoms with Crippen LogP contribution in [0.3, 0.4) is 0 Å². The molecule has 96 valence electrons. The number of nitrogens with zero attached hydrogens (tertiary/aromatic N) is 2. The minimum Gasteiger partial charge on any atom is -0.393 e. The fourth-order valence-electron chi connectivity index (χ4n) is 2.66. The minimum atomic E-state index is -0.142. The number of piperidine rings is 1. The first kappa shape index (κ1) is 11.7. The molecule has 2 N–H and O–H groups in total. The first-order valence-electron chi connectivity index (χ1n) is 6.56. The number of aliphatic hydroxyl groups excluding tert-OH is 1. The first-order valence-corrected chi connectivity index (χ1v) is 6.56. The van der Waals surface area contributed by atoms with Gasteiger partial charge in [-0.1, -0.05) is 19.1 Å². The molecule has 2 atom stereocenters. The van der Waals surface area contributed by atoms with E-state index in [1.54, 1.807) is 0 Å². The highest BCUT2D eigenvalue weighted by molar-refractivity contribution is 5.74. The average Bonchev–Trinajstić information content (AvgIpc) is 2.76. The van der Waals surface area contributed by atoms with E-state index in [2.05, 4.69) is 27.9 Å². The Bertz CT molecular complexity index is 504. The van der Waals surface area contributed by atoms with Gasteiger partial charge in [-0.15, -0.1) is 0 Å². The largest absolute Gasteiger partial charge is 0.393 e. The smallest absolute Gasteiger partial charge is 0.121 e. The predicted molar refractivity (Wildman–Crippen MR) is 71.2 cm³/mol. The van der Waals surface area contributed by atoms with E-state index in [9.17, 15) is 5.11 Å². The molecule has 1 aromatic carbocycles. The van der Waals surface area contributed by atoms with E-state index in [-0.39, 0.29) is 6.10 Å². The van der Waals surface area contributed by atoms with Crippen molar-refractivity contribution in [3.8, 4) is 0 Å². The van der Waals surface area contributed by atoms with Crippen LogP contribution in [-0.4, -0.2) is 39.2 Å². The van der Waals surface area contributed by atoms with Crippen LogP contribution in [0.25, 0.3) is 11.0 Å². The van der Waals surface area contributed by atoms with Gasteiger partial charge in [-0.3, -0.25) is 4.90 Å². The molecular formula is C14H19N3O. The Balaban J connectivity index is 1.72. The highest BCUT2D eigenvalue weighted by Gasteiger charge is 2.24. The second kappa shape index (κ2) is 4.71. The number of hydrogen-bond acceptors (Lipinski definition) is 3. The highest BCUT2D eigenvalue weighted by Crippen LogP contribution is 2.19. The Morgan fingerprint density at radius 3 is 3.06 bits per heavy atom. The number of likely N-dealkylation sites (tertiary alicyclic amines) is 1. The molecule has 2 unspecified atom stereocenters. The van der Waals surface area contributed by atoms with E-state index in [0.29, 0.717) is 5.92 Å². The van der Waals surface area contributed by atoms with Crippen molar-refractivity contribution < 1.29 is 5.11 Å². The summed E-state index contributed by atoms with van der Waals surface area (Å²) < 4.78 is 0. The van der Waals surface area contributed by atoms with Crippen molar-refractivity contribution >= 4 is 11.0 Å². The van der Waals surface area contributed by atoms with Crippen LogP contribution in [0.15, 0.2) is 24.3 Å². The Morgan fingerprint density at radius 2 is 2.28 bits per heavy atom. The van der Waals surface area contributed by atoms with E-state index in [1.165, 1.54) is 0 Å². The van der Waals surface area contributed by atoms with Gasteiger partial charge in [-0.05, 0) is 24.5 Å². The van der Waals surface area contributed by atoms with Crippen LogP contribution in [0, 0.1) is 5.92 Å². The van der Waals surface area contributed by atoms with Crippen LogP contribution in [0.5, 0.6) is 0 Å². The summed E-state index contributed by atoms with van der Waals surface area (Å²) in [5.41, 5.74) is 2.12. The zero-order chi connectivity index (χ0) is 12.5. The Labute approximate surface area is 107 Å². The number of aromatic amines is 1. The Hall–Kier alpha value is -1.39.